The van der Waals surface area contributed by atoms with Gasteiger partial charge >= 0.3 is 5.97 Å². The summed E-state index contributed by atoms with van der Waals surface area (Å²) in [5, 5.41) is 0. The van der Waals surface area contributed by atoms with Crippen molar-refractivity contribution in [2.45, 2.75) is 120 Å². The van der Waals surface area contributed by atoms with Gasteiger partial charge in [-0.3, -0.25) is 4.79 Å². The van der Waals surface area contributed by atoms with Gasteiger partial charge in [0.25, 0.3) is 0 Å². The van der Waals surface area contributed by atoms with Crippen molar-refractivity contribution in [3.63, 3.8) is 0 Å². The van der Waals surface area contributed by atoms with Crippen LogP contribution in [0.3, 0.4) is 0 Å². The molecule has 192 valence electrons. The van der Waals surface area contributed by atoms with Crippen LogP contribution in [0.4, 0.5) is 0 Å². The van der Waals surface area contributed by atoms with E-state index in [0.29, 0.717) is 27.6 Å². The lowest BCUT2D eigenvalue weighted by Crippen LogP contribution is -2.65. The molecule has 0 amide bonds. The monoisotopic (exact) mass is 468 g/mol. The fourth-order valence-electron chi connectivity index (χ4n) is 11.7. The minimum absolute atomic E-state index is 0.0723. The maximum Gasteiger partial charge on any atom is 0.307 e. The van der Waals surface area contributed by atoms with Crippen LogP contribution in [0.15, 0.2) is 11.8 Å². The van der Waals surface area contributed by atoms with Crippen molar-refractivity contribution < 1.29 is 9.53 Å². The van der Waals surface area contributed by atoms with E-state index in [2.05, 4.69) is 61.5 Å². The number of hydrogen-bond acceptors (Lipinski definition) is 2. The van der Waals surface area contributed by atoms with Gasteiger partial charge in [0.1, 0.15) is 5.76 Å². The van der Waals surface area contributed by atoms with Crippen LogP contribution in [0, 0.1) is 62.6 Å². The predicted molar refractivity (Wildman–Crippen MR) is 140 cm³/mol. The number of rotatable bonds is 2. The summed E-state index contributed by atoms with van der Waals surface area (Å²) >= 11 is 0. The fourth-order valence-corrected chi connectivity index (χ4v) is 11.7. The Bertz CT molecular complexity index is 883. The molecule has 2 heteroatoms. The molecular weight excluding hydrogens is 416 g/mol. The molecule has 4 saturated carbocycles. The minimum atomic E-state index is -0.168. The maximum atomic E-state index is 11.8. The zero-order chi connectivity index (χ0) is 24.9. The Balaban J connectivity index is 1.52. The van der Waals surface area contributed by atoms with E-state index in [1.54, 1.807) is 6.92 Å². The largest absolute Gasteiger partial charge is 0.431 e. The number of allylic oxidation sites excluding steroid dienone is 2. The standard InChI is InChI=1S/C32H52O2/c1-20(2)22-12-15-29(6)18-19-31(8)23(27(22)29)10-11-25-30(7)16-14-26(34-21(3)33)28(4,5)24(30)13-17-32(25,31)9/h14,20,22-25,27H,10-13,15-19H2,1-9H3/t22-,23+,24-,25-,27+,29+,30-,31+,32+/m0/s1. The van der Waals surface area contributed by atoms with Crippen molar-refractivity contribution in [2.75, 3.05) is 0 Å². The summed E-state index contributed by atoms with van der Waals surface area (Å²) in [6.07, 6.45) is 14.6. The summed E-state index contributed by atoms with van der Waals surface area (Å²) in [6.45, 7) is 22.0. The van der Waals surface area contributed by atoms with Gasteiger partial charge in [-0.15, -0.1) is 0 Å². The summed E-state index contributed by atoms with van der Waals surface area (Å²) in [6, 6.07) is 0. The van der Waals surface area contributed by atoms with Crippen LogP contribution in [-0.2, 0) is 9.53 Å². The highest BCUT2D eigenvalue weighted by atomic mass is 16.5. The van der Waals surface area contributed by atoms with Crippen molar-refractivity contribution >= 4 is 5.97 Å². The van der Waals surface area contributed by atoms with E-state index in [1.165, 1.54) is 51.4 Å². The normalized spacial score (nSPS) is 51.6. The van der Waals surface area contributed by atoms with E-state index >= 15 is 0 Å². The van der Waals surface area contributed by atoms with Crippen molar-refractivity contribution in [3.8, 4) is 0 Å². The molecule has 0 aromatic rings. The lowest BCUT2D eigenvalue weighted by atomic mass is 9.32. The minimum Gasteiger partial charge on any atom is -0.431 e. The molecule has 0 spiro atoms. The van der Waals surface area contributed by atoms with Crippen LogP contribution in [0.2, 0.25) is 0 Å². The number of fused-ring (bicyclic) bond motifs is 7. The number of hydrogen-bond donors (Lipinski definition) is 0. The Kier molecular flexibility index (Phi) is 5.57. The average molecular weight is 469 g/mol. The first-order valence-corrected chi connectivity index (χ1v) is 14.6. The summed E-state index contributed by atoms with van der Waals surface area (Å²) in [7, 11) is 0. The van der Waals surface area contributed by atoms with Crippen LogP contribution in [0.1, 0.15) is 120 Å². The van der Waals surface area contributed by atoms with Gasteiger partial charge in [0.05, 0.1) is 0 Å². The highest BCUT2D eigenvalue weighted by Gasteiger charge is 2.70. The summed E-state index contributed by atoms with van der Waals surface area (Å²) < 4.78 is 5.78. The first-order chi connectivity index (χ1) is 15.7. The van der Waals surface area contributed by atoms with Crippen molar-refractivity contribution in [1.82, 2.24) is 0 Å². The van der Waals surface area contributed by atoms with Gasteiger partial charge in [0, 0.05) is 12.3 Å². The molecule has 0 bridgehead atoms. The summed E-state index contributed by atoms with van der Waals surface area (Å²) in [4.78, 5) is 11.8. The lowest BCUT2D eigenvalue weighted by molar-refractivity contribution is -0.230. The van der Waals surface area contributed by atoms with Crippen LogP contribution < -0.4 is 0 Å². The molecule has 5 rings (SSSR count). The molecule has 0 unspecified atom stereocenters. The maximum absolute atomic E-state index is 11.8. The van der Waals surface area contributed by atoms with Gasteiger partial charge < -0.3 is 4.74 Å². The third kappa shape index (κ3) is 3.08. The number of ether oxygens (including phenoxy) is 1. The molecule has 5 aliphatic rings. The van der Waals surface area contributed by atoms with Gasteiger partial charge in [-0.25, -0.2) is 0 Å². The molecule has 5 aliphatic carbocycles. The van der Waals surface area contributed by atoms with Crippen LogP contribution in [0.5, 0.6) is 0 Å². The van der Waals surface area contributed by atoms with Crippen LogP contribution in [-0.4, -0.2) is 5.97 Å². The second-order valence-corrected chi connectivity index (χ2v) is 15.4. The molecule has 4 fully saturated rings. The van der Waals surface area contributed by atoms with E-state index in [9.17, 15) is 4.79 Å². The Morgan fingerprint density at radius 1 is 0.882 bits per heavy atom. The van der Waals surface area contributed by atoms with Gasteiger partial charge in [-0.1, -0.05) is 55.4 Å². The Morgan fingerprint density at radius 3 is 2.24 bits per heavy atom. The topological polar surface area (TPSA) is 26.3 Å². The van der Waals surface area contributed by atoms with Crippen molar-refractivity contribution in [2.24, 2.45) is 62.6 Å². The van der Waals surface area contributed by atoms with Crippen LogP contribution in [0.25, 0.3) is 0 Å². The van der Waals surface area contributed by atoms with Gasteiger partial charge in [-0.05, 0) is 121 Å². The second kappa shape index (κ2) is 7.61. The molecule has 0 saturated heterocycles. The average Bonchev–Trinajstić information content (AvgIpc) is 3.08. The zero-order valence-corrected chi connectivity index (χ0v) is 23.7. The predicted octanol–water partition coefficient (Wildman–Crippen LogP) is 8.80. The first kappa shape index (κ1) is 24.9. The highest BCUT2D eigenvalue weighted by molar-refractivity contribution is 5.67. The SMILES string of the molecule is CC(=O)OC1=CC[C@@]2(C)[C@@H](CC[C@]3(C)[C@H]2CC[C@@H]2[C@H]4[C@H](C(C)C)CC[C@]4(C)CC[C@]23C)C1(C)C. The molecule has 0 aromatic carbocycles. The lowest BCUT2D eigenvalue weighted by Gasteiger charge is -2.72. The molecule has 0 aromatic heterocycles. The Hall–Kier alpha value is -0.790. The van der Waals surface area contributed by atoms with Crippen molar-refractivity contribution in [3.05, 3.63) is 11.8 Å². The molecule has 2 nitrogen and oxygen atoms in total. The molecular formula is C32H52O2. The number of esters is 1. The first-order valence-electron chi connectivity index (χ1n) is 14.6. The number of carbonyl (C=O) groups excluding carboxylic acids is 1. The van der Waals surface area contributed by atoms with Gasteiger partial charge in [0.15, 0.2) is 0 Å². The molecule has 0 aliphatic heterocycles. The van der Waals surface area contributed by atoms with E-state index in [1.807, 2.05) is 0 Å². The molecule has 34 heavy (non-hydrogen) atoms. The second-order valence-electron chi connectivity index (χ2n) is 15.4. The fraction of sp³-hybridized carbons (Fsp3) is 0.906. The summed E-state index contributed by atoms with van der Waals surface area (Å²) in [5.74, 6) is 5.67. The Labute approximate surface area is 210 Å². The smallest absolute Gasteiger partial charge is 0.307 e. The van der Waals surface area contributed by atoms with E-state index < -0.39 is 0 Å². The van der Waals surface area contributed by atoms with E-state index in [-0.39, 0.29) is 11.4 Å². The molecule has 0 N–H and O–H groups in total. The third-order valence-electron chi connectivity index (χ3n) is 13.5. The third-order valence-corrected chi connectivity index (χ3v) is 13.5. The number of carbonyl (C=O) groups is 1. The molecule has 0 radical (unpaired) electrons. The highest BCUT2D eigenvalue weighted by Crippen LogP contribution is 2.77. The van der Waals surface area contributed by atoms with E-state index in [4.69, 9.17) is 4.74 Å². The van der Waals surface area contributed by atoms with Crippen molar-refractivity contribution in [1.29, 1.82) is 0 Å². The van der Waals surface area contributed by atoms with E-state index in [0.717, 1.165) is 41.8 Å². The Morgan fingerprint density at radius 2 is 1.59 bits per heavy atom. The molecule has 9 atom stereocenters. The summed E-state index contributed by atoms with van der Waals surface area (Å²) in [5.41, 5.74) is 1.67. The van der Waals surface area contributed by atoms with Gasteiger partial charge in [0.2, 0.25) is 0 Å². The van der Waals surface area contributed by atoms with Gasteiger partial charge in [-0.2, -0.15) is 0 Å². The molecule has 0 heterocycles. The quantitative estimate of drug-likeness (QED) is 0.378. The van der Waals surface area contributed by atoms with Crippen LogP contribution >= 0.6 is 0 Å². The zero-order valence-electron chi connectivity index (χ0n) is 23.7.